The average molecular weight is 286 g/mol. The molecule has 1 aliphatic heterocycles. The van der Waals surface area contributed by atoms with Crippen molar-refractivity contribution in [2.45, 2.75) is 19.3 Å². The number of fused-ring (bicyclic) bond motifs is 1. The highest BCUT2D eigenvalue weighted by Crippen LogP contribution is 2.31. The molecule has 0 radical (unpaired) electrons. The van der Waals surface area contributed by atoms with Gasteiger partial charge in [0.15, 0.2) is 0 Å². The summed E-state index contributed by atoms with van der Waals surface area (Å²) in [7, 11) is 0. The maximum atomic E-state index is 11.8. The molecule has 0 aromatic heterocycles. The zero-order chi connectivity index (χ0) is 13.1. The van der Waals surface area contributed by atoms with Gasteiger partial charge in [0.05, 0.1) is 11.3 Å². The van der Waals surface area contributed by atoms with Crippen LogP contribution in [0.5, 0.6) is 0 Å². The molecule has 0 saturated heterocycles. The molecule has 1 aliphatic rings. The van der Waals surface area contributed by atoms with Crippen molar-refractivity contribution in [1.82, 2.24) is 0 Å². The van der Waals surface area contributed by atoms with Gasteiger partial charge in [-0.3, -0.25) is 9.59 Å². The van der Waals surface area contributed by atoms with Gasteiger partial charge in [-0.1, -0.05) is 18.0 Å². The number of amides is 1. The number of unbranched alkanes of at least 4 members (excludes halogenated alkanes) is 2. The molecule has 0 bridgehead atoms. The molecule has 0 N–H and O–H groups in total. The first kappa shape index (κ1) is 13.4. The highest BCUT2D eigenvalue weighted by atomic mass is 35.5. The van der Waals surface area contributed by atoms with Crippen LogP contribution in [0.2, 0.25) is 5.02 Å². The predicted octanol–water partition coefficient (Wildman–Crippen LogP) is 3.28. The maximum absolute atomic E-state index is 11.8. The zero-order valence-corrected chi connectivity index (χ0v) is 11.3. The number of benzene rings is 1. The topological polar surface area (TPSA) is 37.4 Å². The second kappa shape index (κ2) is 5.72. The highest BCUT2D eigenvalue weighted by molar-refractivity contribution is 6.52. The van der Waals surface area contributed by atoms with Crippen LogP contribution in [0.25, 0.3) is 0 Å². The van der Waals surface area contributed by atoms with E-state index in [1.807, 2.05) is 0 Å². The number of nitrogens with zero attached hydrogens (tertiary/aromatic N) is 1. The quantitative estimate of drug-likeness (QED) is 0.473. The first-order valence-corrected chi connectivity index (χ1v) is 6.78. The van der Waals surface area contributed by atoms with E-state index in [0.29, 0.717) is 28.7 Å². The Morgan fingerprint density at radius 1 is 1.11 bits per heavy atom. The van der Waals surface area contributed by atoms with Crippen LogP contribution < -0.4 is 4.90 Å². The van der Waals surface area contributed by atoms with E-state index in [-0.39, 0.29) is 0 Å². The first-order chi connectivity index (χ1) is 8.65. The van der Waals surface area contributed by atoms with E-state index in [0.717, 1.165) is 19.3 Å². The number of hydrogen-bond donors (Lipinski definition) is 0. The number of carbonyl (C=O) groups is 2. The van der Waals surface area contributed by atoms with Gasteiger partial charge in [-0.25, -0.2) is 0 Å². The molecular formula is C13H13Cl2NO2. The summed E-state index contributed by atoms with van der Waals surface area (Å²) < 4.78 is 0. The lowest BCUT2D eigenvalue weighted by Crippen LogP contribution is -2.30. The average Bonchev–Trinajstić information content (AvgIpc) is 2.59. The summed E-state index contributed by atoms with van der Waals surface area (Å²) in [5.41, 5.74) is 1.07. The van der Waals surface area contributed by atoms with Crippen molar-refractivity contribution < 1.29 is 9.59 Å². The van der Waals surface area contributed by atoms with Gasteiger partial charge in [0.2, 0.25) is 0 Å². The fourth-order valence-electron chi connectivity index (χ4n) is 2.04. The molecule has 1 aromatic carbocycles. The number of halogens is 2. The molecule has 0 saturated carbocycles. The zero-order valence-electron chi connectivity index (χ0n) is 9.79. The molecule has 1 amide bonds. The molecule has 5 heteroatoms. The molecule has 0 fully saturated rings. The van der Waals surface area contributed by atoms with Gasteiger partial charge in [0.25, 0.3) is 11.7 Å². The van der Waals surface area contributed by atoms with E-state index < -0.39 is 11.7 Å². The number of ketones is 1. The summed E-state index contributed by atoms with van der Waals surface area (Å²) >= 11 is 11.4. The van der Waals surface area contributed by atoms with E-state index in [9.17, 15) is 9.59 Å². The Balaban J connectivity index is 2.13. The third-order valence-electron chi connectivity index (χ3n) is 2.95. The van der Waals surface area contributed by atoms with Gasteiger partial charge in [0.1, 0.15) is 0 Å². The van der Waals surface area contributed by atoms with Crippen molar-refractivity contribution in [3.05, 3.63) is 28.8 Å². The van der Waals surface area contributed by atoms with Crippen molar-refractivity contribution in [2.24, 2.45) is 0 Å². The first-order valence-electron chi connectivity index (χ1n) is 5.87. The summed E-state index contributed by atoms with van der Waals surface area (Å²) in [4.78, 5) is 25.2. The standard InChI is InChI=1S/C13H13Cl2NO2/c14-6-2-1-3-7-16-11-5-4-9(15)8-10(11)12(17)13(16)18/h4-5,8H,1-3,6-7H2. The molecular weight excluding hydrogens is 273 g/mol. The number of alkyl halides is 1. The van der Waals surface area contributed by atoms with E-state index in [4.69, 9.17) is 23.2 Å². The summed E-state index contributed by atoms with van der Waals surface area (Å²) in [5, 5.41) is 0.471. The Morgan fingerprint density at radius 3 is 2.61 bits per heavy atom. The fraction of sp³-hybridized carbons (Fsp3) is 0.385. The summed E-state index contributed by atoms with van der Waals surface area (Å²) in [6.07, 6.45) is 2.71. The van der Waals surface area contributed by atoms with Gasteiger partial charge < -0.3 is 4.90 Å². The van der Waals surface area contributed by atoms with Gasteiger partial charge in [-0.2, -0.15) is 0 Å². The Hall–Kier alpha value is -1.06. The second-order valence-electron chi connectivity index (χ2n) is 4.20. The SMILES string of the molecule is O=C1C(=O)N(CCCCCCl)c2ccc(Cl)cc21. The lowest BCUT2D eigenvalue weighted by molar-refractivity contribution is -0.114. The lowest BCUT2D eigenvalue weighted by atomic mass is 10.1. The Labute approximate surface area is 116 Å². The molecule has 18 heavy (non-hydrogen) atoms. The van der Waals surface area contributed by atoms with Crippen LogP contribution in [0.3, 0.4) is 0 Å². The van der Waals surface area contributed by atoms with Crippen LogP contribution in [0, 0.1) is 0 Å². The van der Waals surface area contributed by atoms with E-state index in [2.05, 4.69) is 0 Å². The van der Waals surface area contributed by atoms with Crippen LogP contribution in [0.1, 0.15) is 29.6 Å². The van der Waals surface area contributed by atoms with Crippen LogP contribution in [-0.2, 0) is 4.79 Å². The second-order valence-corrected chi connectivity index (χ2v) is 5.01. The number of rotatable bonds is 5. The van der Waals surface area contributed by atoms with Crippen molar-refractivity contribution in [3.8, 4) is 0 Å². The molecule has 1 heterocycles. The van der Waals surface area contributed by atoms with Gasteiger partial charge in [-0.05, 0) is 31.0 Å². The van der Waals surface area contributed by atoms with Gasteiger partial charge in [-0.15, -0.1) is 11.6 Å². The number of hydrogen-bond acceptors (Lipinski definition) is 2. The van der Waals surface area contributed by atoms with Crippen LogP contribution in [-0.4, -0.2) is 24.1 Å². The highest BCUT2D eigenvalue weighted by Gasteiger charge is 2.35. The largest absolute Gasteiger partial charge is 0.305 e. The van der Waals surface area contributed by atoms with E-state index >= 15 is 0 Å². The molecule has 3 nitrogen and oxygen atoms in total. The molecule has 96 valence electrons. The van der Waals surface area contributed by atoms with Crippen LogP contribution >= 0.6 is 23.2 Å². The van der Waals surface area contributed by atoms with Gasteiger partial charge in [0, 0.05) is 17.4 Å². The van der Waals surface area contributed by atoms with E-state index in [1.165, 1.54) is 4.90 Å². The fourth-order valence-corrected chi connectivity index (χ4v) is 2.40. The third-order valence-corrected chi connectivity index (χ3v) is 3.45. The summed E-state index contributed by atoms with van der Waals surface area (Å²) in [6, 6.07) is 4.97. The minimum absolute atomic E-state index is 0.407. The Morgan fingerprint density at radius 2 is 1.89 bits per heavy atom. The maximum Gasteiger partial charge on any atom is 0.299 e. The normalized spacial score (nSPS) is 14.2. The third kappa shape index (κ3) is 2.52. The number of Topliss-reactive ketones (excluding diaryl/α,β-unsaturated/α-hetero) is 1. The molecule has 1 aromatic rings. The monoisotopic (exact) mass is 285 g/mol. The lowest BCUT2D eigenvalue weighted by Gasteiger charge is -2.16. The smallest absolute Gasteiger partial charge is 0.299 e. The molecule has 0 spiro atoms. The molecule has 0 atom stereocenters. The molecule has 2 rings (SSSR count). The predicted molar refractivity (Wildman–Crippen MR) is 72.7 cm³/mol. The Bertz CT molecular complexity index is 488. The minimum atomic E-state index is -0.468. The van der Waals surface area contributed by atoms with Crippen molar-refractivity contribution >= 4 is 40.6 Å². The minimum Gasteiger partial charge on any atom is -0.305 e. The van der Waals surface area contributed by atoms with Crippen LogP contribution in [0.4, 0.5) is 5.69 Å². The van der Waals surface area contributed by atoms with Crippen molar-refractivity contribution in [2.75, 3.05) is 17.3 Å². The summed E-state index contributed by atoms with van der Waals surface area (Å²) in [6.45, 7) is 0.552. The van der Waals surface area contributed by atoms with Crippen LogP contribution in [0.15, 0.2) is 18.2 Å². The van der Waals surface area contributed by atoms with Crippen molar-refractivity contribution in [1.29, 1.82) is 0 Å². The molecule has 0 unspecified atom stereocenters. The Kier molecular flexibility index (Phi) is 4.25. The van der Waals surface area contributed by atoms with Gasteiger partial charge >= 0.3 is 0 Å². The number of carbonyl (C=O) groups excluding carboxylic acids is 2. The number of anilines is 1. The van der Waals surface area contributed by atoms with Crippen molar-refractivity contribution in [3.63, 3.8) is 0 Å². The summed E-state index contributed by atoms with van der Waals surface area (Å²) in [5.74, 6) is -0.304. The molecule has 0 aliphatic carbocycles. The van der Waals surface area contributed by atoms with E-state index in [1.54, 1.807) is 18.2 Å².